The summed E-state index contributed by atoms with van der Waals surface area (Å²) >= 11 is 0. The van der Waals surface area contributed by atoms with Gasteiger partial charge in [0.25, 0.3) is 0 Å². The summed E-state index contributed by atoms with van der Waals surface area (Å²) in [6, 6.07) is 0. The minimum Gasteiger partial charge on any atom is -0.458 e. The quantitative estimate of drug-likeness (QED) is 0.0412. The fourth-order valence-corrected chi connectivity index (χ4v) is 5.77. The average molecular weight is 628 g/mol. The number of nitrogens with zero attached hydrogens (tertiary/aromatic N) is 1. The highest BCUT2D eigenvalue weighted by Gasteiger charge is 2.28. The third kappa shape index (κ3) is 33.6. The molecule has 0 atom stereocenters. The van der Waals surface area contributed by atoms with E-state index >= 15 is 0 Å². The Morgan fingerprint density at radius 1 is 0.511 bits per heavy atom. The number of likely N-dealkylation sites (N-methyl/N-ethyl adjacent to an activating group) is 1. The van der Waals surface area contributed by atoms with E-state index in [-0.39, 0.29) is 11.6 Å². The van der Waals surface area contributed by atoms with Crippen molar-refractivity contribution in [2.24, 2.45) is 0 Å². The standard InChI is InChI=1S/C42H77NO2/c1-6-8-10-12-14-16-18-20-22-24-26-28-30-32-34-36-38-42(3,45-41(44)40-43(4)5)39-37-35-33-31-29-27-25-23-21-19-17-15-13-11-9-7-2/h14-17,20-23H,6-13,18-19,24-40H2,1-5H3. The van der Waals surface area contributed by atoms with Gasteiger partial charge in [0.2, 0.25) is 0 Å². The molecule has 0 heterocycles. The van der Waals surface area contributed by atoms with E-state index in [2.05, 4.69) is 69.4 Å². The lowest BCUT2D eigenvalue weighted by Crippen LogP contribution is -2.35. The van der Waals surface area contributed by atoms with Crippen LogP contribution in [0.3, 0.4) is 0 Å². The Kier molecular flexibility index (Phi) is 32.5. The zero-order valence-electron chi connectivity index (χ0n) is 31.0. The number of esters is 1. The van der Waals surface area contributed by atoms with Gasteiger partial charge in [0.1, 0.15) is 5.60 Å². The van der Waals surface area contributed by atoms with Gasteiger partial charge in [-0.1, -0.05) is 140 Å². The van der Waals surface area contributed by atoms with Gasteiger partial charge in [0.15, 0.2) is 0 Å². The zero-order valence-corrected chi connectivity index (χ0v) is 31.0. The normalized spacial score (nSPS) is 13.7. The highest BCUT2D eigenvalue weighted by molar-refractivity contribution is 5.72. The number of allylic oxidation sites excluding steroid dienone is 8. The highest BCUT2D eigenvalue weighted by Crippen LogP contribution is 2.27. The molecule has 45 heavy (non-hydrogen) atoms. The molecule has 3 heteroatoms. The Morgan fingerprint density at radius 2 is 0.844 bits per heavy atom. The molecule has 0 aromatic carbocycles. The SMILES string of the molecule is CCCCCC=CCC=CCCCCCCCCC(C)(CCCCCCCCC=CCC=CCCCCC)OC(=O)CN(C)C. The molecule has 0 saturated heterocycles. The van der Waals surface area contributed by atoms with Crippen molar-refractivity contribution >= 4 is 5.97 Å². The van der Waals surface area contributed by atoms with Gasteiger partial charge in [0.05, 0.1) is 6.54 Å². The molecule has 262 valence electrons. The first-order valence-corrected chi connectivity index (χ1v) is 19.4. The third-order valence-electron chi connectivity index (χ3n) is 8.62. The molecule has 0 N–H and O–H groups in total. The molecule has 0 aromatic heterocycles. The van der Waals surface area contributed by atoms with Crippen LogP contribution in [0.25, 0.3) is 0 Å². The molecule has 0 saturated carbocycles. The van der Waals surface area contributed by atoms with Crippen LogP contribution in [0.4, 0.5) is 0 Å². The smallest absolute Gasteiger partial charge is 0.320 e. The lowest BCUT2D eigenvalue weighted by molar-refractivity contribution is -0.160. The van der Waals surface area contributed by atoms with Crippen molar-refractivity contribution in [3.63, 3.8) is 0 Å². The molecular formula is C42H77NO2. The van der Waals surface area contributed by atoms with E-state index in [9.17, 15) is 4.79 Å². The number of carbonyl (C=O) groups is 1. The van der Waals surface area contributed by atoms with Crippen LogP contribution >= 0.6 is 0 Å². The van der Waals surface area contributed by atoms with Crippen LogP contribution in [-0.4, -0.2) is 37.1 Å². The predicted octanol–water partition coefficient (Wildman–Crippen LogP) is 13.3. The number of carbonyl (C=O) groups excluding carboxylic acids is 1. The van der Waals surface area contributed by atoms with E-state index in [4.69, 9.17) is 4.74 Å². The molecule has 3 nitrogen and oxygen atoms in total. The summed E-state index contributed by atoms with van der Waals surface area (Å²) in [4.78, 5) is 14.4. The van der Waals surface area contributed by atoms with Crippen LogP contribution in [0.5, 0.6) is 0 Å². The summed E-state index contributed by atoms with van der Waals surface area (Å²) in [5.74, 6) is -0.0809. The maximum Gasteiger partial charge on any atom is 0.320 e. The van der Waals surface area contributed by atoms with Crippen LogP contribution in [0, 0.1) is 0 Å². The summed E-state index contributed by atoms with van der Waals surface area (Å²) in [6.45, 7) is 7.06. The van der Waals surface area contributed by atoms with Gasteiger partial charge >= 0.3 is 5.97 Å². The van der Waals surface area contributed by atoms with Crippen molar-refractivity contribution in [2.45, 2.75) is 193 Å². The molecule has 0 fully saturated rings. The predicted molar refractivity (Wildman–Crippen MR) is 201 cm³/mol. The van der Waals surface area contributed by atoms with E-state index < -0.39 is 0 Å². The molecule has 0 spiro atoms. The molecule has 0 aliphatic heterocycles. The molecule has 0 rings (SSSR count). The molecule has 0 radical (unpaired) electrons. The molecule has 0 unspecified atom stereocenters. The number of hydrogen-bond donors (Lipinski definition) is 0. The lowest BCUT2D eigenvalue weighted by atomic mass is 9.91. The van der Waals surface area contributed by atoms with Gasteiger partial charge in [-0.3, -0.25) is 9.69 Å². The molecule has 0 aliphatic rings. The molecule has 0 amide bonds. The Hall–Kier alpha value is -1.61. The highest BCUT2D eigenvalue weighted by atomic mass is 16.6. The topological polar surface area (TPSA) is 29.5 Å². The maximum atomic E-state index is 12.5. The molecule has 0 aliphatic carbocycles. The first-order valence-electron chi connectivity index (χ1n) is 19.4. The van der Waals surface area contributed by atoms with Gasteiger partial charge in [-0.2, -0.15) is 0 Å². The van der Waals surface area contributed by atoms with E-state index in [0.717, 1.165) is 38.5 Å². The minimum atomic E-state index is -0.322. The van der Waals surface area contributed by atoms with Crippen molar-refractivity contribution in [2.75, 3.05) is 20.6 Å². The van der Waals surface area contributed by atoms with Gasteiger partial charge < -0.3 is 4.74 Å². The zero-order chi connectivity index (χ0) is 33.1. The van der Waals surface area contributed by atoms with Crippen LogP contribution in [0.1, 0.15) is 188 Å². The Balaban J connectivity index is 4.05. The summed E-state index contributed by atoms with van der Waals surface area (Å²) in [7, 11) is 3.87. The second kappa shape index (κ2) is 33.7. The van der Waals surface area contributed by atoms with Gasteiger partial charge in [-0.05, 0) is 111 Å². The Labute approximate surface area is 282 Å². The third-order valence-corrected chi connectivity index (χ3v) is 8.62. The largest absolute Gasteiger partial charge is 0.458 e. The van der Waals surface area contributed by atoms with Gasteiger partial charge in [-0.25, -0.2) is 0 Å². The van der Waals surface area contributed by atoms with Crippen molar-refractivity contribution in [3.05, 3.63) is 48.6 Å². The Bertz CT molecular complexity index is 700. The monoisotopic (exact) mass is 628 g/mol. The van der Waals surface area contributed by atoms with E-state index in [1.165, 1.54) is 128 Å². The Morgan fingerprint density at radius 3 is 1.20 bits per heavy atom. The molecular weight excluding hydrogens is 550 g/mol. The van der Waals surface area contributed by atoms with Crippen molar-refractivity contribution in [1.29, 1.82) is 0 Å². The summed E-state index contributed by atoms with van der Waals surface area (Å²) in [5, 5.41) is 0. The van der Waals surface area contributed by atoms with Crippen molar-refractivity contribution < 1.29 is 9.53 Å². The first-order chi connectivity index (χ1) is 21.9. The summed E-state index contributed by atoms with van der Waals surface area (Å²) < 4.78 is 6.09. The van der Waals surface area contributed by atoms with Crippen LogP contribution in [0.2, 0.25) is 0 Å². The number of hydrogen-bond acceptors (Lipinski definition) is 3. The number of unbranched alkanes of at least 4 members (excludes halogenated alkanes) is 18. The fraction of sp³-hybridized carbons (Fsp3) is 0.786. The molecule has 0 bridgehead atoms. The van der Waals surface area contributed by atoms with Gasteiger partial charge in [0, 0.05) is 0 Å². The van der Waals surface area contributed by atoms with E-state index in [1.54, 1.807) is 0 Å². The fourth-order valence-electron chi connectivity index (χ4n) is 5.77. The van der Waals surface area contributed by atoms with Crippen molar-refractivity contribution in [3.8, 4) is 0 Å². The summed E-state index contributed by atoms with van der Waals surface area (Å²) in [6.07, 6.45) is 50.9. The van der Waals surface area contributed by atoms with Crippen LogP contribution < -0.4 is 0 Å². The molecule has 0 aromatic rings. The number of rotatable bonds is 33. The minimum absolute atomic E-state index is 0.0809. The lowest BCUT2D eigenvalue weighted by Gasteiger charge is -2.30. The van der Waals surface area contributed by atoms with Crippen LogP contribution in [0.15, 0.2) is 48.6 Å². The average Bonchev–Trinajstić information content (AvgIpc) is 3.00. The first kappa shape index (κ1) is 43.4. The van der Waals surface area contributed by atoms with Crippen molar-refractivity contribution in [1.82, 2.24) is 4.90 Å². The summed E-state index contributed by atoms with van der Waals surface area (Å²) in [5.41, 5.74) is -0.322. The van der Waals surface area contributed by atoms with E-state index in [0.29, 0.717) is 6.54 Å². The second-order valence-corrected chi connectivity index (χ2v) is 13.8. The van der Waals surface area contributed by atoms with Crippen LogP contribution in [-0.2, 0) is 9.53 Å². The van der Waals surface area contributed by atoms with E-state index in [1.807, 2.05) is 19.0 Å². The number of ether oxygens (including phenoxy) is 1. The second-order valence-electron chi connectivity index (χ2n) is 13.8. The maximum absolute atomic E-state index is 12.5. The van der Waals surface area contributed by atoms with Gasteiger partial charge in [-0.15, -0.1) is 0 Å².